The van der Waals surface area contributed by atoms with Gasteiger partial charge < -0.3 is 10.1 Å². The summed E-state index contributed by atoms with van der Waals surface area (Å²) in [5.41, 5.74) is 7.06. The summed E-state index contributed by atoms with van der Waals surface area (Å²) >= 11 is 3.42. The lowest BCUT2D eigenvalue weighted by Crippen LogP contribution is -2.26. The van der Waals surface area contributed by atoms with Gasteiger partial charge in [-0.2, -0.15) is 5.26 Å². The largest absolute Gasteiger partial charge is 0.449 e. The number of nitriles is 1. The lowest BCUT2D eigenvalue weighted by molar-refractivity contribution is 0.144. The van der Waals surface area contributed by atoms with E-state index < -0.39 is 6.09 Å². The molecule has 0 saturated carbocycles. The zero-order valence-corrected chi connectivity index (χ0v) is 18.3. The van der Waals surface area contributed by atoms with Gasteiger partial charge in [-0.15, -0.1) is 0 Å². The molecule has 0 atom stereocenters. The smallest absolute Gasteiger partial charge is 0.407 e. The van der Waals surface area contributed by atoms with Crippen molar-refractivity contribution in [1.82, 2.24) is 5.32 Å². The average Bonchev–Trinajstić information content (AvgIpc) is 3.14. The fourth-order valence-corrected chi connectivity index (χ4v) is 4.27. The van der Waals surface area contributed by atoms with Gasteiger partial charge in [-0.25, -0.2) is 4.79 Å². The summed E-state index contributed by atoms with van der Waals surface area (Å²) in [6, 6.07) is 23.9. The quantitative estimate of drug-likeness (QED) is 0.413. The van der Waals surface area contributed by atoms with E-state index in [-0.39, 0.29) is 19.1 Å². The summed E-state index contributed by atoms with van der Waals surface area (Å²) < 4.78 is 5.50. The van der Waals surface area contributed by atoms with Crippen LogP contribution in [0.15, 0.2) is 66.7 Å². The first kappa shape index (κ1) is 20.7. The van der Waals surface area contributed by atoms with Gasteiger partial charge in [0, 0.05) is 16.8 Å². The third-order valence-electron chi connectivity index (χ3n) is 5.27. The molecule has 0 bridgehead atoms. The Morgan fingerprint density at radius 1 is 1.03 bits per heavy atom. The maximum absolute atomic E-state index is 12.2. The van der Waals surface area contributed by atoms with Crippen LogP contribution in [-0.2, 0) is 10.1 Å². The third kappa shape index (κ3) is 4.48. The summed E-state index contributed by atoms with van der Waals surface area (Å²) in [6.45, 7) is 0.431. The number of hydrogen-bond donors (Lipinski definition) is 1. The van der Waals surface area contributed by atoms with Crippen molar-refractivity contribution in [1.29, 1.82) is 5.26 Å². The fraction of sp³-hybridized carbons (Fsp3) is 0.154. The van der Waals surface area contributed by atoms with Gasteiger partial charge in [0.25, 0.3) is 0 Å². The van der Waals surface area contributed by atoms with Crippen molar-refractivity contribution in [2.45, 2.75) is 11.2 Å². The number of alkyl halides is 1. The number of alkyl carbamates (subject to hydrolysis) is 1. The van der Waals surface area contributed by atoms with Crippen molar-refractivity contribution in [2.24, 2.45) is 0 Å². The van der Waals surface area contributed by atoms with Crippen molar-refractivity contribution in [3.63, 3.8) is 0 Å². The van der Waals surface area contributed by atoms with Crippen molar-refractivity contribution in [3.05, 3.63) is 94.5 Å². The Bertz CT molecular complexity index is 1190. The molecule has 152 valence electrons. The second kappa shape index (κ2) is 9.51. The summed E-state index contributed by atoms with van der Waals surface area (Å²) in [5.74, 6) is 5.97. The Kier molecular flexibility index (Phi) is 6.36. The highest BCUT2D eigenvalue weighted by molar-refractivity contribution is 9.08. The highest BCUT2D eigenvalue weighted by Gasteiger charge is 2.28. The zero-order chi connectivity index (χ0) is 21.6. The van der Waals surface area contributed by atoms with E-state index in [1.165, 1.54) is 22.3 Å². The lowest BCUT2D eigenvalue weighted by atomic mass is 9.98. The molecule has 4 rings (SSSR count). The SMILES string of the molecule is N#Cc1ccc(CBr)c(C#CCNC(=O)OCC2c3ccccc3-c3ccccc32)c1. The van der Waals surface area contributed by atoms with Crippen LogP contribution in [0.1, 0.15) is 33.7 Å². The molecule has 31 heavy (non-hydrogen) atoms. The van der Waals surface area contributed by atoms with E-state index >= 15 is 0 Å². The molecular weight excluding hydrogens is 452 g/mol. The van der Waals surface area contributed by atoms with Gasteiger partial charge >= 0.3 is 6.09 Å². The van der Waals surface area contributed by atoms with E-state index in [0.29, 0.717) is 10.9 Å². The van der Waals surface area contributed by atoms with Crippen LogP contribution in [-0.4, -0.2) is 19.2 Å². The van der Waals surface area contributed by atoms with E-state index in [4.69, 9.17) is 10.00 Å². The van der Waals surface area contributed by atoms with Crippen LogP contribution in [0, 0.1) is 23.2 Å². The number of halogens is 1. The second-order valence-corrected chi connectivity index (χ2v) is 7.66. The third-order valence-corrected chi connectivity index (χ3v) is 5.87. The predicted octanol–water partition coefficient (Wildman–Crippen LogP) is 5.34. The van der Waals surface area contributed by atoms with Crippen molar-refractivity contribution in [2.75, 3.05) is 13.2 Å². The first-order valence-electron chi connectivity index (χ1n) is 9.88. The molecule has 1 aliphatic carbocycles. The monoisotopic (exact) mass is 470 g/mol. The number of amides is 1. The Morgan fingerprint density at radius 2 is 1.71 bits per heavy atom. The van der Waals surface area contributed by atoms with Gasteiger partial charge in [-0.1, -0.05) is 82.4 Å². The minimum absolute atomic E-state index is 0.0273. The summed E-state index contributed by atoms with van der Waals surface area (Å²) in [5, 5.41) is 12.4. The molecule has 5 heteroatoms. The number of hydrogen-bond acceptors (Lipinski definition) is 3. The summed E-state index contributed by atoms with van der Waals surface area (Å²) in [4.78, 5) is 12.2. The molecule has 0 aliphatic heterocycles. The molecule has 1 aliphatic rings. The highest BCUT2D eigenvalue weighted by atomic mass is 79.9. The molecule has 0 saturated heterocycles. The van der Waals surface area contributed by atoms with E-state index in [0.717, 1.165) is 11.1 Å². The normalized spacial score (nSPS) is 11.5. The summed E-state index contributed by atoms with van der Waals surface area (Å²) in [6.07, 6.45) is -0.498. The molecule has 0 radical (unpaired) electrons. The Balaban J connectivity index is 1.37. The first-order valence-corrected chi connectivity index (χ1v) is 11.0. The van der Waals surface area contributed by atoms with Crippen LogP contribution in [0.25, 0.3) is 11.1 Å². The van der Waals surface area contributed by atoms with Crippen LogP contribution in [0.4, 0.5) is 4.79 Å². The number of benzene rings is 3. The number of ether oxygens (including phenoxy) is 1. The van der Waals surface area contributed by atoms with Crippen LogP contribution in [0.5, 0.6) is 0 Å². The van der Waals surface area contributed by atoms with Crippen molar-refractivity contribution in [3.8, 4) is 29.0 Å². The van der Waals surface area contributed by atoms with Crippen molar-refractivity contribution >= 4 is 22.0 Å². The molecule has 1 N–H and O–H groups in total. The van der Waals surface area contributed by atoms with E-state index in [1.54, 1.807) is 12.1 Å². The van der Waals surface area contributed by atoms with Crippen LogP contribution in [0.3, 0.4) is 0 Å². The second-order valence-electron chi connectivity index (χ2n) is 7.10. The number of nitrogens with one attached hydrogen (secondary N) is 1. The van der Waals surface area contributed by atoms with Gasteiger partial charge in [0.15, 0.2) is 0 Å². The predicted molar refractivity (Wildman–Crippen MR) is 124 cm³/mol. The van der Waals surface area contributed by atoms with E-state index in [9.17, 15) is 4.79 Å². The van der Waals surface area contributed by atoms with Gasteiger partial charge in [-0.3, -0.25) is 0 Å². The Labute approximate surface area is 190 Å². The molecule has 0 unspecified atom stereocenters. The van der Waals surface area contributed by atoms with E-state index in [1.807, 2.05) is 30.3 Å². The van der Waals surface area contributed by atoms with Gasteiger partial charge in [-0.05, 0) is 39.9 Å². The number of fused-ring (bicyclic) bond motifs is 3. The number of carbonyl (C=O) groups excluding carboxylic acids is 1. The average molecular weight is 471 g/mol. The number of carbonyl (C=O) groups is 1. The first-order chi connectivity index (χ1) is 15.2. The topological polar surface area (TPSA) is 62.1 Å². The highest BCUT2D eigenvalue weighted by Crippen LogP contribution is 2.44. The minimum atomic E-state index is -0.498. The molecular formula is C26H19BrN2O2. The standard InChI is InChI=1S/C26H19BrN2O2/c27-15-20-12-11-18(16-28)14-19(20)6-5-13-29-26(30)31-17-25-23-9-3-1-7-21(23)22-8-2-4-10-24(22)25/h1-4,7-12,14,25H,13,15,17H2,(H,29,30). The maximum Gasteiger partial charge on any atom is 0.407 e. The molecule has 0 fully saturated rings. The Hall–Kier alpha value is -3.54. The van der Waals surface area contributed by atoms with Gasteiger partial charge in [0.05, 0.1) is 18.2 Å². The van der Waals surface area contributed by atoms with Gasteiger partial charge in [0.1, 0.15) is 6.61 Å². The maximum atomic E-state index is 12.2. The molecule has 0 aromatic heterocycles. The van der Waals surface area contributed by atoms with Crippen LogP contribution >= 0.6 is 15.9 Å². The minimum Gasteiger partial charge on any atom is -0.449 e. The number of rotatable bonds is 4. The van der Waals surface area contributed by atoms with Crippen LogP contribution < -0.4 is 5.32 Å². The lowest BCUT2D eigenvalue weighted by Gasteiger charge is -2.14. The molecule has 3 aromatic carbocycles. The zero-order valence-electron chi connectivity index (χ0n) is 16.7. The van der Waals surface area contributed by atoms with Crippen molar-refractivity contribution < 1.29 is 9.53 Å². The molecule has 0 heterocycles. The van der Waals surface area contributed by atoms with Gasteiger partial charge in [0.2, 0.25) is 0 Å². The number of nitrogens with zero attached hydrogens (tertiary/aromatic N) is 1. The molecule has 1 amide bonds. The molecule has 3 aromatic rings. The van der Waals surface area contributed by atoms with Crippen LogP contribution in [0.2, 0.25) is 0 Å². The van der Waals surface area contributed by atoms with E-state index in [2.05, 4.69) is 63.4 Å². The molecule has 4 nitrogen and oxygen atoms in total. The Morgan fingerprint density at radius 3 is 2.35 bits per heavy atom. The molecule has 0 spiro atoms. The summed E-state index contributed by atoms with van der Waals surface area (Å²) in [7, 11) is 0. The fourth-order valence-electron chi connectivity index (χ4n) is 3.78.